The predicted molar refractivity (Wildman–Crippen MR) is 67.7 cm³/mol. The lowest BCUT2D eigenvalue weighted by Crippen LogP contribution is -2.29. The van der Waals surface area contributed by atoms with Crippen LogP contribution in [0.25, 0.3) is 0 Å². The van der Waals surface area contributed by atoms with Crippen LogP contribution in [0.1, 0.15) is 25.8 Å². The summed E-state index contributed by atoms with van der Waals surface area (Å²) in [7, 11) is 0. The van der Waals surface area contributed by atoms with Gasteiger partial charge in [0.25, 0.3) is 0 Å². The van der Waals surface area contributed by atoms with Crippen molar-refractivity contribution in [1.29, 1.82) is 0 Å². The van der Waals surface area contributed by atoms with Gasteiger partial charge in [-0.3, -0.25) is 14.5 Å². The summed E-state index contributed by atoms with van der Waals surface area (Å²) in [5, 5.41) is 3.09. The van der Waals surface area contributed by atoms with Gasteiger partial charge in [-0.2, -0.15) is 0 Å². The van der Waals surface area contributed by atoms with Crippen molar-refractivity contribution < 1.29 is 9.59 Å². The molecule has 2 amide bonds. The highest BCUT2D eigenvalue weighted by Gasteiger charge is 2.35. The first-order chi connectivity index (χ1) is 8.61. The van der Waals surface area contributed by atoms with Crippen molar-refractivity contribution in [3.63, 3.8) is 0 Å². The summed E-state index contributed by atoms with van der Waals surface area (Å²) in [5.74, 6) is 0.430. The van der Waals surface area contributed by atoms with Gasteiger partial charge in [0.15, 0.2) is 0 Å². The van der Waals surface area contributed by atoms with E-state index in [1.807, 2.05) is 19.1 Å². The third kappa shape index (κ3) is 2.50. The van der Waals surface area contributed by atoms with Crippen molar-refractivity contribution in [2.24, 2.45) is 5.92 Å². The minimum Gasteiger partial charge on any atom is -0.370 e. The number of hydrogen-bond acceptors (Lipinski definition) is 4. The highest BCUT2D eigenvalue weighted by atomic mass is 16.2. The van der Waals surface area contributed by atoms with Gasteiger partial charge in [-0.1, -0.05) is 13.0 Å². The molecule has 0 saturated carbocycles. The molecule has 5 heteroatoms. The fraction of sp³-hybridized carbons (Fsp3) is 0.462. The normalized spacial score (nSPS) is 19.4. The first-order valence-electron chi connectivity index (χ1n) is 6.14. The second-order valence-electron chi connectivity index (χ2n) is 4.51. The van der Waals surface area contributed by atoms with Gasteiger partial charge in [0, 0.05) is 25.1 Å². The molecular formula is C13H17N3O2. The number of imide groups is 1. The zero-order chi connectivity index (χ0) is 13.1. The minimum absolute atomic E-state index is 0.0873. The lowest BCUT2D eigenvalue weighted by molar-refractivity contribution is -0.139. The molecule has 0 bridgehead atoms. The molecule has 0 aromatic carbocycles. The molecule has 0 spiro atoms. The highest BCUT2D eigenvalue weighted by molar-refractivity contribution is 6.03. The maximum absolute atomic E-state index is 11.8. The van der Waals surface area contributed by atoms with Crippen LogP contribution < -0.4 is 5.32 Å². The third-order valence-corrected chi connectivity index (χ3v) is 2.99. The molecule has 1 N–H and O–H groups in total. The number of rotatable bonds is 4. The van der Waals surface area contributed by atoms with Crippen molar-refractivity contribution in [2.45, 2.75) is 26.8 Å². The lowest BCUT2D eigenvalue weighted by atomic mass is 10.1. The summed E-state index contributed by atoms with van der Waals surface area (Å²) in [5.41, 5.74) is 0.868. The molecule has 1 aromatic rings. The quantitative estimate of drug-likeness (QED) is 0.817. The van der Waals surface area contributed by atoms with Crippen LogP contribution in [0.4, 0.5) is 5.82 Å². The molecule has 1 saturated heterocycles. The Morgan fingerprint density at radius 1 is 1.44 bits per heavy atom. The summed E-state index contributed by atoms with van der Waals surface area (Å²) in [6.07, 6.45) is 2.02. The van der Waals surface area contributed by atoms with Gasteiger partial charge in [0.2, 0.25) is 11.8 Å². The fourth-order valence-corrected chi connectivity index (χ4v) is 2.00. The monoisotopic (exact) mass is 247 g/mol. The maximum atomic E-state index is 11.8. The summed E-state index contributed by atoms with van der Waals surface area (Å²) < 4.78 is 0. The minimum atomic E-state index is -0.188. The molecule has 2 heterocycles. The van der Waals surface area contributed by atoms with E-state index in [0.29, 0.717) is 13.0 Å². The van der Waals surface area contributed by atoms with Crippen LogP contribution in [0, 0.1) is 5.92 Å². The first-order valence-corrected chi connectivity index (χ1v) is 6.14. The third-order valence-electron chi connectivity index (χ3n) is 2.99. The number of aromatic nitrogens is 1. The van der Waals surface area contributed by atoms with Gasteiger partial charge in [-0.25, -0.2) is 4.98 Å². The second-order valence-corrected chi connectivity index (χ2v) is 4.51. The van der Waals surface area contributed by atoms with E-state index in [1.54, 1.807) is 13.1 Å². The smallest absolute Gasteiger partial charge is 0.232 e. The molecule has 5 nitrogen and oxygen atoms in total. The number of amides is 2. The number of carbonyl (C=O) groups is 2. The number of anilines is 1. The lowest BCUT2D eigenvalue weighted by Gasteiger charge is -2.14. The van der Waals surface area contributed by atoms with E-state index in [1.165, 1.54) is 4.90 Å². The topological polar surface area (TPSA) is 62.3 Å². The van der Waals surface area contributed by atoms with Crippen molar-refractivity contribution in [3.8, 4) is 0 Å². The zero-order valence-electron chi connectivity index (χ0n) is 10.6. The maximum Gasteiger partial charge on any atom is 0.232 e. The fourth-order valence-electron chi connectivity index (χ4n) is 2.00. The summed E-state index contributed by atoms with van der Waals surface area (Å²) in [4.78, 5) is 28.9. The van der Waals surface area contributed by atoms with E-state index in [4.69, 9.17) is 0 Å². The molecule has 1 fully saturated rings. The second kappa shape index (κ2) is 5.16. The van der Waals surface area contributed by atoms with Gasteiger partial charge < -0.3 is 5.32 Å². The Hall–Kier alpha value is -1.91. The Morgan fingerprint density at radius 2 is 2.22 bits per heavy atom. The van der Waals surface area contributed by atoms with Gasteiger partial charge in [0.05, 0.1) is 6.54 Å². The van der Waals surface area contributed by atoms with Crippen LogP contribution in [0.15, 0.2) is 18.3 Å². The van der Waals surface area contributed by atoms with Crippen LogP contribution >= 0.6 is 0 Å². The summed E-state index contributed by atoms with van der Waals surface area (Å²) >= 11 is 0. The molecule has 1 unspecified atom stereocenters. The van der Waals surface area contributed by atoms with E-state index in [9.17, 15) is 9.59 Å². The van der Waals surface area contributed by atoms with E-state index in [2.05, 4.69) is 10.3 Å². The standard InChI is InChI=1S/C13H17N3O2/c1-3-14-11-5-4-10(7-15-11)8-16-12(17)6-9(2)13(16)18/h4-5,7,9H,3,6,8H2,1-2H3,(H,14,15). The van der Waals surface area contributed by atoms with Gasteiger partial charge in [-0.15, -0.1) is 0 Å². The van der Waals surface area contributed by atoms with Crippen LogP contribution in [0.2, 0.25) is 0 Å². The molecule has 1 aliphatic heterocycles. The van der Waals surface area contributed by atoms with Gasteiger partial charge >= 0.3 is 0 Å². The first kappa shape index (κ1) is 12.5. The molecule has 18 heavy (non-hydrogen) atoms. The van der Waals surface area contributed by atoms with Crippen LogP contribution in [0.5, 0.6) is 0 Å². The Balaban J connectivity index is 2.05. The molecule has 1 aliphatic rings. The van der Waals surface area contributed by atoms with E-state index >= 15 is 0 Å². The average Bonchev–Trinajstić information content (AvgIpc) is 2.59. The van der Waals surface area contributed by atoms with Crippen molar-refractivity contribution in [3.05, 3.63) is 23.9 Å². The molecule has 2 rings (SSSR count). The number of pyridine rings is 1. The van der Waals surface area contributed by atoms with E-state index in [0.717, 1.165) is 17.9 Å². The molecule has 0 aliphatic carbocycles. The van der Waals surface area contributed by atoms with E-state index in [-0.39, 0.29) is 17.7 Å². The van der Waals surface area contributed by atoms with E-state index < -0.39 is 0 Å². The van der Waals surface area contributed by atoms with Crippen LogP contribution in [-0.4, -0.2) is 28.2 Å². The average molecular weight is 247 g/mol. The van der Waals surface area contributed by atoms with Crippen molar-refractivity contribution in [1.82, 2.24) is 9.88 Å². The summed E-state index contributed by atoms with van der Waals surface area (Å²) in [6, 6.07) is 3.74. The Labute approximate surface area is 106 Å². The van der Waals surface area contributed by atoms with Crippen LogP contribution in [-0.2, 0) is 16.1 Å². The number of nitrogens with one attached hydrogen (secondary N) is 1. The highest BCUT2D eigenvalue weighted by Crippen LogP contribution is 2.21. The van der Waals surface area contributed by atoms with Crippen molar-refractivity contribution >= 4 is 17.6 Å². The number of nitrogens with zero attached hydrogens (tertiary/aromatic N) is 2. The van der Waals surface area contributed by atoms with Crippen molar-refractivity contribution in [2.75, 3.05) is 11.9 Å². The molecule has 96 valence electrons. The molecule has 1 atom stereocenters. The predicted octanol–water partition coefficient (Wildman–Crippen LogP) is 1.41. The summed E-state index contributed by atoms with van der Waals surface area (Å²) in [6.45, 7) is 4.92. The Morgan fingerprint density at radius 3 is 2.72 bits per heavy atom. The van der Waals surface area contributed by atoms with Crippen LogP contribution in [0.3, 0.4) is 0 Å². The largest absolute Gasteiger partial charge is 0.370 e. The SMILES string of the molecule is CCNc1ccc(CN2C(=O)CC(C)C2=O)cn1. The number of hydrogen-bond donors (Lipinski definition) is 1. The molecule has 1 aromatic heterocycles. The molecular weight excluding hydrogens is 230 g/mol. The molecule has 0 radical (unpaired) electrons. The number of carbonyl (C=O) groups excluding carboxylic acids is 2. The Bertz CT molecular complexity index is 456. The zero-order valence-corrected chi connectivity index (χ0v) is 10.6. The van der Waals surface area contributed by atoms with Gasteiger partial charge in [-0.05, 0) is 18.6 Å². The number of likely N-dealkylation sites (tertiary alicyclic amines) is 1. The Kier molecular flexibility index (Phi) is 3.60. The van der Waals surface area contributed by atoms with Gasteiger partial charge in [0.1, 0.15) is 5.82 Å².